The number of amides is 3. The molecule has 1 fully saturated rings. The van der Waals surface area contributed by atoms with Crippen LogP contribution in [0, 0.1) is 11.7 Å². The highest BCUT2D eigenvalue weighted by atomic mass is 19.1. The van der Waals surface area contributed by atoms with Crippen molar-refractivity contribution in [2.75, 3.05) is 13.1 Å². The van der Waals surface area contributed by atoms with Gasteiger partial charge in [-0.15, -0.1) is 0 Å². The SMILES string of the molecule is NC(=O)C(NC(=O)C1CCCN(Cc2cccc(F)c2)C1)C(N)=O. The van der Waals surface area contributed by atoms with Crippen molar-refractivity contribution in [3.05, 3.63) is 35.6 Å². The quantitative estimate of drug-likeness (QED) is 0.606. The summed E-state index contributed by atoms with van der Waals surface area (Å²) in [6.45, 7) is 1.76. The van der Waals surface area contributed by atoms with Gasteiger partial charge in [-0.05, 0) is 37.1 Å². The summed E-state index contributed by atoms with van der Waals surface area (Å²) in [7, 11) is 0. The monoisotopic (exact) mass is 336 g/mol. The number of likely N-dealkylation sites (tertiary alicyclic amines) is 1. The molecule has 1 heterocycles. The third-order valence-corrected chi connectivity index (χ3v) is 4.03. The molecule has 2 rings (SSSR count). The van der Waals surface area contributed by atoms with E-state index in [4.69, 9.17) is 11.5 Å². The minimum Gasteiger partial charge on any atom is -0.367 e. The standard InChI is InChI=1S/C16H21FN4O3/c17-12-5-1-3-10(7-12)8-21-6-2-4-11(9-21)16(24)20-13(14(18)22)15(19)23/h1,3,5,7,11,13H,2,4,6,8-9H2,(H2,18,22)(H2,19,23)(H,20,24). The summed E-state index contributed by atoms with van der Waals surface area (Å²) in [4.78, 5) is 36.6. The van der Waals surface area contributed by atoms with Crippen LogP contribution in [0.3, 0.4) is 0 Å². The lowest BCUT2D eigenvalue weighted by molar-refractivity contribution is -0.136. The number of halogens is 1. The summed E-state index contributed by atoms with van der Waals surface area (Å²) in [6.07, 6.45) is 1.42. The zero-order valence-corrected chi connectivity index (χ0v) is 13.2. The summed E-state index contributed by atoms with van der Waals surface area (Å²) < 4.78 is 13.3. The maximum atomic E-state index is 13.3. The second-order valence-electron chi connectivity index (χ2n) is 5.95. The van der Waals surface area contributed by atoms with Crippen LogP contribution in [0.1, 0.15) is 18.4 Å². The molecule has 0 bridgehead atoms. The third-order valence-electron chi connectivity index (χ3n) is 4.03. The molecular weight excluding hydrogens is 315 g/mol. The van der Waals surface area contributed by atoms with Crippen molar-refractivity contribution in [2.24, 2.45) is 17.4 Å². The van der Waals surface area contributed by atoms with E-state index in [1.807, 2.05) is 11.0 Å². The Bertz CT molecular complexity index is 624. The second kappa shape index (κ2) is 7.87. The number of hydrogen-bond donors (Lipinski definition) is 3. The number of nitrogens with two attached hydrogens (primary N) is 2. The molecule has 0 radical (unpaired) electrons. The molecule has 1 aliphatic rings. The Morgan fingerprint density at radius 1 is 1.29 bits per heavy atom. The van der Waals surface area contributed by atoms with E-state index in [-0.39, 0.29) is 11.7 Å². The van der Waals surface area contributed by atoms with Crippen molar-refractivity contribution in [2.45, 2.75) is 25.4 Å². The topological polar surface area (TPSA) is 119 Å². The first-order valence-corrected chi connectivity index (χ1v) is 7.72. The molecule has 1 unspecified atom stereocenters. The first kappa shape index (κ1) is 17.9. The number of primary amides is 2. The van der Waals surface area contributed by atoms with Gasteiger partial charge in [0, 0.05) is 13.1 Å². The lowest BCUT2D eigenvalue weighted by Gasteiger charge is -2.32. The number of piperidine rings is 1. The second-order valence-corrected chi connectivity index (χ2v) is 5.95. The van der Waals surface area contributed by atoms with E-state index in [0.717, 1.165) is 18.5 Å². The van der Waals surface area contributed by atoms with E-state index in [1.165, 1.54) is 12.1 Å². The number of hydrogen-bond acceptors (Lipinski definition) is 4. The van der Waals surface area contributed by atoms with Gasteiger partial charge in [-0.3, -0.25) is 19.3 Å². The van der Waals surface area contributed by atoms with Crippen LogP contribution < -0.4 is 16.8 Å². The van der Waals surface area contributed by atoms with E-state index < -0.39 is 23.8 Å². The van der Waals surface area contributed by atoms with Crippen LogP contribution in [0.4, 0.5) is 4.39 Å². The molecule has 8 heteroatoms. The molecule has 1 atom stereocenters. The molecular formula is C16H21FN4O3. The van der Waals surface area contributed by atoms with Crippen molar-refractivity contribution >= 4 is 17.7 Å². The van der Waals surface area contributed by atoms with Crippen LogP contribution in [0.5, 0.6) is 0 Å². The number of nitrogens with zero attached hydrogens (tertiary/aromatic N) is 1. The van der Waals surface area contributed by atoms with Crippen LogP contribution in [0.25, 0.3) is 0 Å². The van der Waals surface area contributed by atoms with Gasteiger partial charge in [0.1, 0.15) is 5.82 Å². The number of rotatable bonds is 6. The highest BCUT2D eigenvalue weighted by molar-refractivity contribution is 6.05. The molecule has 1 aromatic carbocycles. The van der Waals surface area contributed by atoms with Gasteiger partial charge in [0.25, 0.3) is 0 Å². The summed E-state index contributed by atoms with van der Waals surface area (Å²) in [5.41, 5.74) is 10.9. The molecule has 0 aromatic heterocycles. The van der Waals surface area contributed by atoms with Crippen LogP contribution >= 0.6 is 0 Å². The highest BCUT2D eigenvalue weighted by Crippen LogP contribution is 2.19. The van der Waals surface area contributed by atoms with E-state index in [1.54, 1.807) is 6.07 Å². The van der Waals surface area contributed by atoms with Crippen LogP contribution in [-0.2, 0) is 20.9 Å². The third kappa shape index (κ3) is 4.76. The van der Waals surface area contributed by atoms with Gasteiger partial charge < -0.3 is 16.8 Å². The Balaban J connectivity index is 1.95. The Morgan fingerprint density at radius 2 is 2.00 bits per heavy atom. The fourth-order valence-electron chi connectivity index (χ4n) is 2.85. The minimum atomic E-state index is -1.50. The van der Waals surface area contributed by atoms with Gasteiger partial charge in [0.05, 0.1) is 5.92 Å². The lowest BCUT2D eigenvalue weighted by atomic mass is 9.96. The van der Waals surface area contributed by atoms with Crippen LogP contribution in [0.2, 0.25) is 0 Å². The summed E-state index contributed by atoms with van der Waals surface area (Å²) in [5, 5.41) is 2.30. The molecule has 1 saturated heterocycles. The van der Waals surface area contributed by atoms with E-state index >= 15 is 0 Å². The molecule has 1 aromatic rings. The summed E-state index contributed by atoms with van der Waals surface area (Å²) in [6, 6.07) is 4.80. The van der Waals surface area contributed by atoms with Crippen molar-refractivity contribution in [3.8, 4) is 0 Å². The Labute approximate surface area is 139 Å². The van der Waals surface area contributed by atoms with Crippen molar-refractivity contribution < 1.29 is 18.8 Å². The highest BCUT2D eigenvalue weighted by Gasteiger charge is 2.30. The molecule has 0 aliphatic carbocycles. The van der Waals surface area contributed by atoms with Gasteiger partial charge in [0.2, 0.25) is 17.7 Å². The Hall–Kier alpha value is -2.48. The average molecular weight is 336 g/mol. The largest absolute Gasteiger partial charge is 0.367 e. The van der Waals surface area contributed by atoms with Crippen molar-refractivity contribution in [1.29, 1.82) is 0 Å². The van der Waals surface area contributed by atoms with E-state index in [9.17, 15) is 18.8 Å². The molecule has 0 spiro atoms. The normalized spacial score (nSPS) is 18.3. The predicted molar refractivity (Wildman–Crippen MR) is 84.7 cm³/mol. The molecule has 24 heavy (non-hydrogen) atoms. The maximum Gasteiger partial charge on any atom is 0.249 e. The molecule has 5 N–H and O–H groups in total. The van der Waals surface area contributed by atoms with Gasteiger partial charge in [-0.25, -0.2) is 4.39 Å². The van der Waals surface area contributed by atoms with Gasteiger partial charge in [-0.1, -0.05) is 12.1 Å². The van der Waals surface area contributed by atoms with Gasteiger partial charge in [0.15, 0.2) is 6.04 Å². The first-order chi connectivity index (χ1) is 11.4. The molecule has 1 aliphatic heterocycles. The lowest BCUT2D eigenvalue weighted by Crippen LogP contribution is -2.55. The first-order valence-electron chi connectivity index (χ1n) is 7.72. The zero-order valence-electron chi connectivity index (χ0n) is 13.2. The number of carbonyl (C=O) groups excluding carboxylic acids is 3. The number of nitrogens with one attached hydrogen (secondary N) is 1. The fourth-order valence-corrected chi connectivity index (χ4v) is 2.85. The van der Waals surface area contributed by atoms with Gasteiger partial charge in [-0.2, -0.15) is 0 Å². The maximum absolute atomic E-state index is 13.3. The van der Waals surface area contributed by atoms with E-state index in [0.29, 0.717) is 19.5 Å². The fraction of sp³-hybridized carbons (Fsp3) is 0.438. The van der Waals surface area contributed by atoms with Crippen molar-refractivity contribution in [3.63, 3.8) is 0 Å². The van der Waals surface area contributed by atoms with Crippen molar-refractivity contribution in [1.82, 2.24) is 10.2 Å². The van der Waals surface area contributed by atoms with E-state index in [2.05, 4.69) is 5.32 Å². The molecule has 3 amide bonds. The van der Waals surface area contributed by atoms with Crippen LogP contribution in [-0.4, -0.2) is 41.8 Å². The number of benzene rings is 1. The zero-order chi connectivity index (χ0) is 17.7. The molecule has 0 saturated carbocycles. The Morgan fingerprint density at radius 3 is 2.62 bits per heavy atom. The number of carbonyl (C=O) groups is 3. The smallest absolute Gasteiger partial charge is 0.249 e. The average Bonchev–Trinajstić information content (AvgIpc) is 2.52. The summed E-state index contributed by atoms with van der Waals surface area (Å²) >= 11 is 0. The van der Waals surface area contributed by atoms with Crippen LogP contribution in [0.15, 0.2) is 24.3 Å². The summed E-state index contributed by atoms with van der Waals surface area (Å²) in [5.74, 6) is -3.08. The van der Waals surface area contributed by atoms with Gasteiger partial charge >= 0.3 is 0 Å². The molecule has 130 valence electrons. The molecule has 7 nitrogen and oxygen atoms in total. The predicted octanol–water partition coefficient (Wildman–Crippen LogP) is -0.507. The minimum absolute atomic E-state index is 0.301. The Kier molecular flexibility index (Phi) is 5.86.